The van der Waals surface area contributed by atoms with Crippen molar-refractivity contribution in [2.45, 2.75) is 12.8 Å². The second kappa shape index (κ2) is 5.19. The topological polar surface area (TPSA) is 17.8 Å². The van der Waals surface area contributed by atoms with E-state index < -0.39 is 0 Å². The normalized spacial score (nSPS) is 9.73. The number of aryl methyl sites for hydroxylation is 1. The molecule has 0 saturated carbocycles. The van der Waals surface area contributed by atoms with Crippen molar-refractivity contribution in [3.8, 4) is 5.69 Å². The second-order valence-electron chi connectivity index (χ2n) is 3.14. The summed E-state index contributed by atoms with van der Waals surface area (Å²) in [6.07, 6.45) is 3.75. The molecule has 0 saturated heterocycles. The smallest absolute Gasteiger partial charge is 0.110 e. The highest BCUT2D eigenvalue weighted by Gasteiger charge is 1.99. The Morgan fingerprint density at radius 2 is 1.93 bits per heavy atom. The molecule has 1 aromatic carbocycles. The van der Waals surface area contributed by atoms with E-state index in [0.717, 1.165) is 17.1 Å². The van der Waals surface area contributed by atoms with E-state index in [-0.39, 0.29) is 12.4 Å². The van der Waals surface area contributed by atoms with Crippen LogP contribution in [0.25, 0.3) is 5.69 Å². The van der Waals surface area contributed by atoms with Crippen LogP contribution in [-0.4, -0.2) is 9.55 Å². The molecule has 0 amide bonds. The Morgan fingerprint density at radius 1 is 1.27 bits per heavy atom. The van der Waals surface area contributed by atoms with Crippen LogP contribution in [0.1, 0.15) is 11.4 Å². The molecule has 0 unspecified atom stereocenters. The van der Waals surface area contributed by atoms with Gasteiger partial charge in [0.2, 0.25) is 0 Å². The van der Waals surface area contributed by atoms with Gasteiger partial charge in [-0.25, -0.2) is 4.98 Å². The van der Waals surface area contributed by atoms with E-state index >= 15 is 0 Å². The monoisotopic (exact) mass is 242 g/mol. The zero-order valence-electron chi connectivity index (χ0n) is 8.35. The minimum Gasteiger partial charge on any atom is -0.304 e. The lowest BCUT2D eigenvalue weighted by molar-refractivity contribution is 0.974. The first-order valence-corrected chi connectivity index (χ1v) is 5.00. The molecule has 0 aliphatic carbocycles. The molecule has 0 N–H and O–H groups in total. The van der Waals surface area contributed by atoms with Gasteiger partial charge in [-0.2, -0.15) is 0 Å². The van der Waals surface area contributed by atoms with Gasteiger partial charge in [0.25, 0.3) is 0 Å². The molecule has 2 nitrogen and oxygen atoms in total. The average molecular weight is 243 g/mol. The van der Waals surface area contributed by atoms with E-state index in [9.17, 15) is 0 Å². The standard InChI is InChI=1S/C11H11ClN2.ClH/c1-9-13-6-7-14(9)11-4-2-10(8-12)3-5-11;/h2-7H,8H2,1H3;1H. The van der Waals surface area contributed by atoms with Crippen LogP contribution in [0.2, 0.25) is 0 Å². The summed E-state index contributed by atoms with van der Waals surface area (Å²) in [4.78, 5) is 4.17. The van der Waals surface area contributed by atoms with E-state index in [0.29, 0.717) is 5.88 Å². The number of hydrogen-bond acceptors (Lipinski definition) is 1. The molecule has 0 spiro atoms. The zero-order chi connectivity index (χ0) is 9.97. The maximum absolute atomic E-state index is 5.72. The number of nitrogens with zero attached hydrogens (tertiary/aromatic N) is 2. The van der Waals surface area contributed by atoms with E-state index in [2.05, 4.69) is 4.98 Å². The van der Waals surface area contributed by atoms with E-state index in [1.165, 1.54) is 0 Å². The lowest BCUT2D eigenvalue weighted by Gasteiger charge is -2.04. The summed E-state index contributed by atoms with van der Waals surface area (Å²) in [6.45, 7) is 1.98. The summed E-state index contributed by atoms with van der Waals surface area (Å²) >= 11 is 5.72. The predicted molar refractivity (Wildman–Crippen MR) is 65.1 cm³/mol. The quantitative estimate of drug-likeness (QED) is 0.739. The summed E-state index contributed by atoms with van der Waals surface area (Å²) < 4.78 is 2.04. The Morgan fingerprint density at radius 3 is 2.40 bits per heavy atom. The Bertz CT molecular complexity index is 420. The van der Waals surface area contributed by atoms with E-state index in [1.54, 1.807) is 6.20 Å². The van der Waals surface area contributed by atoms with E-state index in [4.69, 9.17) is 11.6 Å². The second-order valence-corrected chi connectivity index (χ2v) is 3.41. The van der Waals surface area contributed by atoms with Gasteiger partial charge in [0.1, 0.15) is 5.82 Å². The summed E-state index contributed by atoms with van der Waals surface area (Å²) in [5, 5.41) is 0. The highest BCUT2D eigenvalue weighted by molar-refractivity contribution is 6.17. The van der Waals surface area contributed by atoms with Crippen molar-refractivity contribution in [2.24, 2.45) is 0 Å². The first-order valence-electron chi connectivity index (χ1n) is 4.46. The van der Waals surface area contributed by atoms with Gasteiger partial charge in [-0.05, 0) is 24.6 Å². The average Bonchev–Trinajstić information content (AvgIpc) is 2.65. The molecule has 4 heteroatoms. The zero-order valence-corrected chi connectivity index (χ0v) is 9.92. The third-order valence-corrected chi connectivity index (χ3v) is 2.50. The number of alkyl halides is 1. The SMILES string of the molecule is Cc1nccn1-c1ccc(CCl)cc1.Cl. The fourth-order valence-corrected chi connectivity index (χ4v) is 1.57. The highest BCUT2D eigenvalue weighted by Crippen LogP contribution is 2.12. The van der Waals surface area contributed by atoms with Crippen molar-refractivity contribution in [2.75, 3.05) is 0 Å². The van der Waals surface area contributed by atoms with Gasteiger partial charge in [0, 0.05) is 24.0 Å². The van der Waals surface area contributed by atoms with Gasteiger partial charge in [-0.1, -0.05) is 12.1 Å². The van der Waals surface area contributed by atoms with Crippen LogP contribution in [0.3, 0.4) is 0 Å². The van der Waals surface area contributed by atoms with Crippen LogP contribution in [-0.2, 0) is 5.88 Å². The molecule has 0 radical (unpaired) electrons. The lowest BCUT2D eigenvalue weighted by atomic mass is 10.2. The maximum Gasteiger partial charge on any atom is 0.110 e. The first kappa shape index (κ1) is 12.1. The van der Waals surface area contributed by atoms with Gasteiger partial charge in [-0.3, -0.25) is 0 Å². The predicted octanol–water partition coefficient (Wildman–Crippen LogP) is 3.34. The number of rotatable bonds is 2. The number of benzene rings is 1. The van der Waals surface area contributed by atoms with Crippen LogP contribution in [0.15, 0.2) is 36.7 Å². The van der Waals surface area contributed by atoms with Gasteiger partial charge in [-0.15, -0.1) is 24.0 Å². The van der Waals surface area contributed by atoms with Crippen LogP contribution in [0, 0.1) is 6.92 Å². The summed E-state index contributed by atoms with van der Waals surface area (Å²) in [7, 11) is 0. The van der Waals surface area contributed by atoms with Crippen molar-refractivity contribution in [1.82, 2.24) is 9.55 Å². The molecule has 0 bridgehead atoms. The van der Waals surface area contributed by atoms with Crippen molar-refractivity contribution in [3.63, 3.8) is 0 Å². The fraction of sp³-hybridized carbons (Fsp3) is 0.182. The number of halogens is 2. The molecule has 2 rings (SSSR count). The summed E-state index contributed by atoms with van der Waals surface area (Å²) in [6, 6.07) is 8.16. The Balaban J connectivity index is 0.00000112. The summed E-state index contributed by atoms with van der Waals surface area (Å²) in [5.41, 5.74) is 2.25. The van der Waals surface area contributed by atoms with Crippen molar-refractivity contribution in [3.05, 3.63) is 48.0 Å². The van der Waals surface area contributed by atoms with Gasteiger partial charge in [0.05, 0.1) is 0 Å². The fourth-order valence-electron chi connectivity index (χ4n) is 1.40. The van der Waals surface area contributed by atoms with E-state index in [1.807, 2.05) is 42.0 Å². The van der Waals surface area contributed by atoms with Gasteiger partial charge >= 0.3 is 0 Å². The molecule has 2 aromatic rings. The van der Waals surface area contributed by atoms with Crippen LogP contribution < -0.4 is 0 Å². The van der Waals surface area contributed by atoms with Crippen LogP contribution >= 0.6 is 24.0 Å². The summed E-state index contributed by atoms with van der Waals surface area (Å²) in [5.74, 6) is 1.55. The van der Waals surface area contributed by atoms with Crippen molar-refractivity contribution >= 4 is 24.0 Å². The Hall–Kier alpha value is -0.990. The van der Waals surface area contributed by atoms with Gasteiger partial charge in [0.15, 0.2) is 0 Å². The van der Waals surface area contributed by atoms with Crippen molar-refractivity contribution < 1.29 is 0 Å². The highest BCUT2D eigenvalue weighted by atomic mass is 35.5. The van der Waals surface area contributed by atoms with Crippen LogP contribution in [0.4, 0.5) is 0 Å². The molecular formula is C11H12Cl2N2. The molecule has 1 aromatic heterocycles. The minimum atomic E-state index is 0. The molecule has 80 valence electrons. The molecule has 0 aliphatic rings. The van der Waals surface area contributed by atoms with Crippen LogP contribution in [0.5, 0.6) is 0 Å². The molecule has 0 aliphatic heterocycles. The molecular weight excluding hydrogens is 231 g/mol. The molecule has 15 heavy (non-hydrogen) atoms. The van der Waals surface area contributed by atoms with Gasteiger partial charge < -0.3 is 4.57 Å². The molecule has 1 heterocycles. The Kier molecular flexibility index (Phi) is 4.18. The first-order chi connectivity index (χ1) is 6.81. The minimum absolute atomic E-state index is 0. The largest absolute Gasteiger partial charge is 0.304 e. The maximum atomic E-state index is 5.72. The van der Waals surface area contributed by atoms with Crippen molar-refractivity contribution in [1.29, 1.82) is 0 Å². The Labute approximate surface area is 100 Å². The number of aromatic nitrogens is 2. The lowest BCUT2D eigenvalue weighted by Crippen LogP contribution is -1.95. The number of imidazole rings is 1. The third-order valence-electron chi connectivity index (χ3n) is 2.19. The number of hydrogen-bond donors (Lipinski definition) is 0. The molecule has 0 fully saturated rings. The molecule has 0 atom stereocenters. The third kappa shape index (κ3) is 2.52.